The fourth-order valence-corrected chi connectivity index (χ4v) is 2.35. The van der Waals surface area contributed by atoms with Crippen molar-refractivity contribution in [3.05, 3.63) is 38.3 Å². The number of aromatic amines is 1. The van der Waals surface area contributed by atoms with Crippen LogP contribution < -0.4 is 5.69 Å². The zero-order chi connectivity index (χ0) is 10.1. The lowest BCUT2D eigenvalue weighted by atomic mass is 10.3. The minimum absolute atomic E-state index is 0.281. The molecule has 2 aromatic heterocycles. The molecule has 2 heterocycles. The normalized spacial score (nSPS) is 10.4. The van der Waals surface area contributed by atoms with Gasteiger partial charge in [0.25, 0.3) is 0 Å². The van der Waals surface area contributed by atoms with Crippen molar-refractivity contribution in [3.8, 4) is 10.4 Å². The van der Waals surface area contributed by atoms with Gasteiger partial charge in [0.05, 0.1) is 4.34 Å². The first kappa shape index (κ1) is 9.71. The van der Waals surface area contributed by atoms with Crippen molar-refractivity contribution in [1.82, 2.24) is 9.97 Å². The highest BCUT2D eigenvalue weighted by atomic mass is 35.5. The van der Waals surface area contributed by atoms with E-state index in [1.807, 2.05) is 6.07 Å². The molecule has 2 rings (SSSR count). The molecule has 0 unspecified atom stereocenters. The van der Waals surface area contributed by atoms with E-state index >= 15 is 0 Å². The van der Waals surface area contributed by atoms with Crippen LogP contribution in [0.5, 0.6) is 0 Å². The molecule has 0 aliphatic carbocycles. The lowest BCUT2D eigenvalue weighted by Gasteiger charge is -1.97. The molecular weight excluding hydrogens is 243 g/mol. The molecular formula is C8H4Cl2N2OS. The number of halogens is 2. The van der Waals surface area contributed by atoms with Crippen molar-refractivity contribution < 1.29 is 0 Å². The molecule has 0 saturated heterocycles. The van der Waals surface area contributed by atoms with Crippen molar-refractivity contribution >= 4 is 34.5 Å². The van der Waals surface area contributed by atoms with Gasteiger partial charge in [-0.3, -0.25) is 4.98 Å². The zero-order valence-electron chi connectivity index (χ0n) is 6.75. The molecule has 0 fully saturated rings. The summed E-state index contributed by atoms with van der Waals surface area (Å²) in [6, 6.07) is 3.59. The monoisotopic (exact) mass is 246 g/mol. The minimum Gasteiger partial charge on any atom is -0.296 e. The van der Waals surface area contributed by atoms with Crippen molar-refractivity contribution in [3.63, 3.8) is 0 Å². The summed E-state index contributed by atoms with van der Waals surface area (Å²) in [6.45, 7) is 0. The van der Waals surface area contributed by atoms with E-state index in [-0.39, 0.29) is 5.15 Å². The van der Waals surface area contributed by atoms with E-state index in [0.29, 0.717) is 9.90 Å². The van der Waals surface area contributed by atoms with Crippen LogP contribution in [0.3, 0.4) is 0 Å². The SMILES string of the molecule is O=c1ncc(-c2ccc(Cl)s2)c(Cl)[nH]1. The Morgan fingerprint density at radius 3 is 2.71 bits per heavy atom. The molecule has 0 aliphatic heterocycles. The molecule has 0 bridgehead atoms. The van der Waals surface area contributed by atoms with E-state index in [0.717, 1.165) is 4.88 Å². The van der Waals surface area contributed by atoms with Crippen LogP contribution in [0.1, 0.15) is 0 Å². The maximum atomic E-state index is 10.8. The fraction of sp³-hybridized carbons (Fsp3) is 0. The standard InChI is InChI=1S/C8H4Cl2N2OS/c9-6-2-1-5(14-6)4-3-11-8(13)12-7(4)10/h1-3H,(H,11,12,13). The fourth-order valence-electron chi connectivity index (χ4n) is 1.00. The van der Waals surface area contributed by atoms with E-state index in [2.05, 4.69) is 9.97 Å². The van der Waals surface area contributed by atoms with Crippen molar-refractivity contribution in [2.75, 3.05) is 0 Å². The molecule has 0 radical (unpaired) electrons. The van der Waals surface area contributed by atoms with Gasteiger partial charge in [-0.25, -0.2) is 9.78 Å². The molecule has 0 amide bonds. The summed E-state index contributed by atoms with van der Waals surface area (Å²) in [4.78, 5) is 17.7. The molecule has 3 nitrogen and oxygen atoms in total. The molecule has 0 spiro atoms. The van der Waals surface area contributed by atoms with E-state index < -0.39 is 5.69 Å². The summed E-state index contributed by atoms with van der Waals surface area (Å²) in [6.07, 6.45) is 1.43. The predicted octanol–water partition coefficient (Wildman–Crippen LogP) is 2.81. The zero-order valence-corrected chi connectivity index (χ0v) is 9.08. The maximum Gasteiger partial charge on any atom is 0.346 e. The van der Waals surface area contributed by atoms with Crippen LogP contribution in [0, 0.1) is 0 Å². The first-order chi connectivity index (χ1) is 6.66. The van der Waals surface area contributed by atoms with Crippen LogP contribution in [-0.4, -0.2) is 9.97 Å². The second-order valence-corrected chi connectivity index (χ2v) is 4.61. The molecule has 0 atom stereocenters. The molecule has 0 aromatic carbocycles. The lowest BCUT2D eigenvalue weighted by Crippen LogP contribution is -2.09. The number of aromatic nitrogens is 2. The Balaban J connectivity index is 2.57. The van der Waals surface area contributed by atoms with Crippen LogP contribution in [0.15, 0.2) is 23.1 Å². The summed E-state index contributed by atoms with van der Waals surface area (Å²) < 4.78 is 0.669. The van der Waals surface area contributed by atoms with Gasteiger partial charge in [-0.1, -0.05) is 23.2 Å². The Kier molecular flexibility index (Phi) is 2.58. The van der Waals surface area contributed by atoms with E-state index in [4.69, 9.17) is 23.2 Å². The Bertz CT molecular complexity index is 520. The topological polar surface area (TPSA) is 45.8 Å². The van der Waals surface area contributed by atoms with E-state index in [9.17, 15) is 4.79 Å². The maximum absolute atomic E-state index is 10.8. The van der Waals surface area contributed by atoms with Gasteiger partial charge in [-0.15, -0.1) is 11.3 Å². The van der Waals surface area contributed by atoms with Gasteiger partial charge in [-0.05, 0) is 12.1 Å². The number of rotatable bonds is 1. The number of thiophene rings is 1. The first-order valence-electron chi connectivity index (χ1n) is 3.67. The molecule has 0 saturated carbocycles. The highest BCUT2D eigenvalue weighted by Gasteiger charge is 2.07. The first-order valence-corrected chi connectivity index (χ1v) is 5.24. The molecule has 72 valence electrons. The Labute approximate surface area is 93.3 Å². The molecule has 6 heteroatoms. The summed E-state index contributed by atoms with van der Waals surface area (Å²) in [5, 5.41) is 0.281. The van der Waals surface area contributed by atoms with Crippen molar-refractivity contribution in [2.45, 2.75) is 0 Å². The Hall–Kier alpha value is -0.840. The largest absolute Gasteiger partial charge is 0.346 e. The third-order valence-electron chi connectivity index (χ3n) is 1.60. The van der Waals surface area contributed by atoms with Gasteiger partial charge in [0, 0.05) is 16.6 Å². The van der Waals surface area contributed by atoms with Crippen LogP contribution in [0.2, 0.25) is 9.49 Å². The second-order valence-electron chi connectivity index (χ2n) is 2.52. The van der Waals surface area contributed by atoms with Gasteiger partial charge in [0.2, 0.25) is 0 Å². The van der Waals surface area contributed by atoms with Gasteiger partial charge >= 0.3 is 5.69 Å². The number of H-pyrrole nitrogens is 1. The average molecular weight is 247 g/mol. The van der Waals surface area contributed by atoms with Crippen LogP contribution >= 0.6 is 34.5 Å². The van der Waals surface area contributed by atoms with E-state index in [1.165, 1.54) is 17.5 Å². The summed E-state index contributed by atoms with van der Waals surface area (Å²) >= 11 is 13.0. The quantitative estimate of drug-likeness (QED) is 0.787. The lowest BCUT2D eigenvalue weighted by molar-refractivity contribution is 1.08. The molecule has 2 aromatic rings. The van der Waals surface area contributed by atoms with Gasteiger partial charge in [-0.2, -0.15) is 0 Å². The highest BCUT2D eigenvalue weighted by molar-refractivity contribution is 7.19. The third-order valence-corrected chi connectivity index (χ3v) is 3.17. The average Bonchev–Trinajstić information content (AvgIpc) is 2.51. The summed E-state index contributed by atoms with van der Waals surface area (Å²) in [5.41, 5.74) is 0.226. The highest BCUT2D eigenvalue weighted by Crippen LogP contribution is 2.33. The second kappa shape index (κ2) is 3.73. The minimum atomic E-state index is -0.457. The number of hydrogen-bond acceptors (Lipinski definition) is 3. The number of nitrogens with one attached hydrogen (secondary N) is 1. The van der Waals surface area contributed by atoms with Crippen molar-refractivity contribution in [2.24, 2.45) is 0 Å². The molecule has 14 heavy (non-hydrogen) atoms. The smallest absolute Gasteiger partial charge is 0.296 e. The van der Waals surface area contributed by atoms with Crippen molar-refractivity contribution in [1.29, 1.82) is 0 Å². The van der Waals surface area contributed by atoms with Crippen LogP contribution in [0.25, 0.3) is 10.4 Å². The van der Waals surface area contributed by atoms with Gasteiger partial charge < -0.3 is 0 Å². The Morgan fingerprint density at radius 2 is 2.14 bits per heavy atom. The third kappa shape index (κ3) is 1.82. The van der Waals surface area contributed by atoms with Crippen LogP contribution in [-0.2, 0) is 0 Å². The van der Waals surface area contributed by atoms with Crippen LogP contribution in [0.4, 0.5) is 0 Å². The van der Waals surface area contributed by atoms with E-state index in [1.54, 1.807) is 6.07 Å². The summed E-state index contributed by atoms with van der Waals surface area (Å²) in [7, 11) is 0. The number of hydrogen-bond donors (Lipinski definition) is 1. The van der Waals surface area contributed by atoms with Gasteiger partial charge in [0.1, 0.15) is 5.15 Å². The number of nitrogens with zero attached hydrogens (tertiary/aromatic N) is 1. The summed E-state index contributed by atoms with van der Waals surface area (Å²) in [5.74, 6) is 0. The molecule has 0 aliphatic rings. The molecule has 1 N–H and O–H groups in total. The predicted molar refractivity (Wildman–Crippen MR) is 58.2 cm³/mol. The Morgan fingerprint density at radius 1 is 1.36 bits per heavy atom. The van der Waals surface area contributed by atoms with Gasteiger partial charge in [0.15, 0.2) is 0 Å².